The highest BCUT2D eigenvalue weighted by molar-refractivity contribution is 7.87. The van der Waals surface area contributed by atoms with Crippen molar-refractivity contribution in [1.82, 2.24) is 5.06 Å². The Kier molecular flexibility index (Phi) is 6.62. The Hall–Kier alpha value is -3.60. The Morgan fingerprint density at radius 1 is 1.00 bits per heavy atom. The zero-order chi connectivity index (χ0) is 28.3. The fraction of sp³-hybridized carbons (Fsp3) is 0.250. The number of carbonyl (C=O) groups excluding carboxylic acids is 3. The first-order valence-corrected chi connectivity index (χ1v) is 10.9. The van der Waals surface area contributed by atoms with E-state index in [0.717, 1.165) is 24.3 Å². The highest BCUT2D eigenvalue weighted by Gasteiger charge is 2.81. The molecule has 0 saturated carbocycles. The number of amides is 2. The summed E-state index contributed by atoms with van der Waals surface area (Å²) in [4.78, 5) is 37.2. The smallest absolute Gasteiger partial charge is 0.423 e. The molecule has 0 N–H and O–H groups in total. The highest BCUT2D eigenvalue weighted by Crippen LogP contribution is 2.51. The van der Waals surface area contributed by atoms with E-state index in [1.807, 2.05) is 0 Å². The molecule has 1 aliphatic heterocycles. The van der Waals surface area contributed by atoms with Crippen LogP contribution in [-0.4, -0.2) is 54.8 Å². The molecule has 0 spiro atoms. The van der Waals surface area contributed by atoms with E-state index in [4.69, 9.17) is 4.74 Å². The van der Waals surface area contributed by atoms with Crippen LogP contribution in [0, 0.1) is 0 Å². The van der Waals surface area contributed by atoms with Crippen molar-refractivity contribution in [2.24, 2.45) is 0 Å². The first-order valence-electron chi connectivity index (χ1n) is 9.47. The lowest BCUT2D eigenvalue weighted by atomic mass is 9.95. The summed E-state index contributed by atoms with van der Waals surface area (Å²) in [5, 5.41) is -8.23. The molecule has 2 amide bonds. The van der Waals surface area contributed by atoms with Gasteiger partial charge in [-0.25, -0.2) is 13.6 Å². The van der Waals surface area contributed by atoms with E-state index in [-0.39, 0.29) is 16.3 Å². The van der Waals surface area contributed by atoms with Gasteiger partial charge in [0.05, 0.1) is 11.1 Å². The predicted octanol–water partition coefficient (Wildman–Crippen LogP) is 4.31. The molecule has 0 atom stereocenters. The zero-order valence-electron chi connectivity index (χ0n) is 17.9. The lowest BCUT2D eigenvalue weighted by Crippen LogP contribution is -2.61. The third kappa shape index (κ3) is 4.20. The molecular formula is C20H11F8NO7S. The molecule has 0 bridgehead atoms. The van der Waals surface area contributed by atoms with Gasteiger partial charge in [0.2, 0.25) is 0 Å². The molecule has 0 fully saturated rings. The third-order valence-electron chi connectivity index (χ3n) is 4.88. The van der Waals surface area contributed by atoms with Gasteiger partial charge < -0.3 is 4.74 Å². The number of hydrogen-bond acceptors (Lipinski definition) is 7. The number of alkyl halides is 8. The zero-order valence-corrected chi connectivity index (χ0v) is 18.7. The fourth-order valence-corrected chi connectivity index (χ4v) is 3.89. The number of benzene rings is 2. The first kappa shape index (κ1) is 28.0. The highest BCUT2D eigenvalue weighted by atomic mass is 32.2. The SMILES string of the molecule is C=C(C)C(=O)Oc1cc2c3c(cccc3c1)C(=O)N(OS(=O)(=O)C(F)(F)C(F)(F)C(F)(F)C(F)F)C2=O. The van der Waals surface area contributed by atoms with Crippen LogP contribution < -0.4 is 4.74 Å². The van der Waals surface area contributed by atoms with Crippen LogP contribution in [0.5, 0.6) is 5.75 Å². The minimum atomic E-state index is -7.42. The van der Waals surface area contributed by atoms with Crippen LogP contribution in [0.4, 0.5) is 35.1 Å². The third-order valence-corrected chi connectivity index (χ3v) is 6.11. The lowest BCUT2D eigenvalue weighted by molar-refractivity contribution is -0.316. The van der Waals surface area contributed by atoms with Crippen LogP contribution in [0.3, 0.4) is 0 Å². The van der Waals surface area contributed by atoms with Gasteiger partial charge in [-0.2, -0.15) is 34.8 Å². The Labute approximate surface area is 201 Å². The van der Waals surface area contributed by atoms with E-state index < -0.39 is 73.4 Å². The van der Waals surface area contributed by atoms with Crippen LogP contribution in [0.15, 0.2) is 42.5 Å². The van der Waals surface area contributed by atoms with E-state index in [0.29, 0.717) is 0 Å². The van der Waals surface area contributed by atoms with Crippen molar-refractivity contribution in [3.05, 3.63) is 53.6 Å². The lowest BCUT2D eigenvalue weighted by Gasteiger charge is -2.32. The maximum Gasteiger partial charge on any atom is 0.440 e. The first-order chi connectivity index (χ1) is 16.8. The van der Waals surface area contributed by atoms with Gasteiger partial charge in [-0.3, -0.25) is 9.59 Å². The Morgan fingerprint density at radius 3 is 2.11 bits per heavy atom. The molecule has 3 rings (SSSR count). The van der Waals surface area contributed by atoms with Crippen molar-refractivity contribution in [2.45, 2.75) is 30.4 Å². The van der Waals surface area contributed by atoms with Gasteiger partial charge >= 0.3 is 39.6 Å². The molecule has 1 heterocycles. The molecule has 17 heteroatoms. The van der Waals surface area contributed by atoms with Gasteiger partial charge in [0.1, 0.15) is 5.75 Å². The Balaban J connectivity index is 2.10. The Morgan fingerprint density at radius 2 is 1.57 bits per heavy atom. The van der Waals surface area contributed by atoms with Gasteiger partial charge in [0.25, 0.3) is 11.8 Å². The molecule has 200 valence electrons. The summed E-state index contributed by atoms with van der Waals surface area (Å²) < 4.78 is 139. The van der Waals surface area contributed by atoms with Crippen molar-refractivity contribution < 1.29 is 66.9 Å². The quantitative estimate of drug-likeness (QED) is 0.156. The van der Waals surface area contributed by atoms with Crippen LogP contribution >= 0.6 is 0 Å². The molecule has 0 saturated heterocycles. The summed E-state index contributed by atoms with van der Waals surface area (Å²) in [7, 11) is -7.42. The molecular weight excluding hydrogens is 550 g/mol. The molecule has 37 heavy (non-hydrogen) atoms. The second-order valence-electron chi connectivity index (χ2n) is 7.49. The van der Waals surface area contributed by atoms with E-state index in [1.165, 1.54) is 13.0 Å². The average molecular weight is 561 g/mol. The summed E-state index contributed by atoms with van der Waals surface area (Å²) in [5.74, 6) is -19.2. The molecule has 2 aromatic rings. The molecule has 8 nitrogen and oxygen atoms in total. The van der Waals surface area contributed by atoms with Crippen LogP contribution in [-0.2, 0) is 19.2 Å². The van der Waals surface area contributed by atoms with Gasteiger partial charge in [0, 0.05) is 11.0 Å². The van der Waals surface area contributed by atoms with E-state index in [1.54, 1.807) is 0 Å². The number of carbonyl (C=O) groups is 3. The van der Waals surface area contributed by atoms with Crippen molar-refractivity contribution in [1.29, 1.82) is 0 Å². The monoisotopic (exact) mass is 561 g/mol. The largest absolute Gasteiger partial charge is 0.440 e. The van der Waals surface area contributed by atoms with Gasteiger partial charge in [-0.1, -0.05) is 18.7 Å². The van der Waals surface area contributed by atoms with Gasteiger partial charge in [0.15, 0.2) is 0 Å². The van der Waals surface area contributed by atoms with Crippen molar-refractivity contribution in [3.8, 4) is 5.75 Å². The Bertz CT molecular complexity index is 1460. The molecule has 0 aliphatic carbocycles. The minimum Gasteiger partial charge on any atom is -0.423 e. The molecule has 1 aliphatic rings. The van der Waals surface area contributed by atoms with Crippen LogP contribution in [0.2, 0.25) is 0 Å². The number of halogens is 8. The predicted molar refractivity (Wildman–Crippen MR) is 106 cm³/mol. The number of esters is 1. The molecule has 2 aromatic carbocycles. The summed E-state index contributed by atoms with van der Waals surface area (Å²) >= 11 is 0. The topological polar surface area (TPSA) is 107 Å². The van der Waals surface area contributed by atoms with Crippen LogP contribution in [0.1, 0.15) is 27.6 Å². The summed E-state index contributed by atoms with van der Waals surface area (Å²) in [6, 6.07) is 5.24. The van der Waals surface area contributed by atoms with Crippen molar-refractivity contribution >= 4 is 38.7 Å². The van der Waals surface area contributed by atoms with Crippen LogP contribution in [0.25, 0.3) is 10.8 Å². The number of rotatable bonds is 8. The van der Waals surface area contributed by atoms with Gasteiger partial charge in [-0.05, 0) is 30.5 Å². The summed E-state index contributed by atoms with van der Waals surface area (Å²) in [5.41, 5.74) is -1.43. The number of nitrogens with zero attached hydrogens (tertiary/aromatic N) is 1. The van der Waals surface area contributed by atoms with Crippen molar-refractivity contribution in [3.63, 3.8) is 0 Å². The maximum atomic E-state index is 14.1. The van der Waals surface area contributed by atoms with Crippen molar-refractivity contribution in [2.75, 3.05) is 0 Å². The molecule has 0 unspecified atom stereocenters. The van der Waals surface area contributed by atoms with E-state index in [9.17, 15) is 57.9 Å². The molecule has 0 aromatic heterocycles. The molecule has 0 radical (unpaired) electrons. The average Bonchev–Trinajstić information content (AvgIpc) is 2.79. The van der Waals surface area contributed by atoms with E-state index in [2.05, 4.69) is 10.9 Å². The number of hydroxylamine groups is 2. The van der Waals surface area contributed by atoms with Gasteiger partial charge in [-0.15, -0.1) is 9.35 Å². The maximum absolute atomic E-state index is 14.1. The standard InChI is InChI=1S/C20H11F8NO7S/c1-8(2)16(32)35-10-6-9-4-3-5-11-13(9)12(7-10)15(31)29(14(11)30)36-37(33,34)20(27,28)19(25,26)18(23,24)17(21)22/h3-7,17H,1H2,2H3. The minimum absolute atomic E-state index is 0.0251. The number of imide groups is 1. The van der Waals surface area contributed by atoms with E-state index >= 15 is 0 Å². The second-order valence-corrected chi connectivity index (χ2v) is 9.06. The summed E-state index contributed by atoms with van der Waals surface area (Å²) in [6.45, 7) is 4.57. The number of ether oxygens (including phenoxy) is 1. The fourth-order valence-electron chi connectivity index (χ4n) is 3.01. The summed E-state index contributed by atoms with van der Waals surface area (Å²) in [6.07, 6.45) is -5.44. The second kappa shape index (κ2) is 8.76. The number of hydrogen-bond donors (Lipinski definition) is 0. The normalized spacial score (nSPS) is 14.9.